The number of nitrogens with one attached hydrogen (secondary N) is 2. The number of aromatic nitrogens is 1. The van der Waals surface area contributed by atoms with Crippen molar-refractivity contribution in [2.45, 2.75) is 12.6 Å². The van der Waals surface area contributed by atoms with E-state index in [1.807, 2.05) is 0 Å². The Morgan fingerprint density at radius 2 is 1.90 bits per heavy atom. The van der Waals surface area contributed by atoms with E-state index in [0.717, 1.165) is 29.2 Å². The van der Waals surface area contributed by atoms with E-state index in [0.29, 0.717) is 17.0 Å². The number of pyridine rings is 1. The quantitative estimate of drug-likeness (QED) is 0.444. The summed E-state index contributed by atoms with van der Waals surface area (Å²) in [4.78, 5) is 16.1. The van der Waals surface area contributed by atoms with E-state index >= 15 is 0 Å². The molecule has 2 aromatic heterocycles. The van der Waals surface area contributed by atoms with Gasteiger partial charge in [-0.15, -0.1) is 11.3 Å². The molecule has 0 saturated carbocycles. The van der Waals surface area contributed by atoms with Crippen molar-refractivity contribution in [2.75, 3.05) is 11.9 Å². The predicted molar refractivity (Wildman–Crippen MR) is 103 cm³/mol. The third kappa shape index (κ3) is 5.17. The van der Waals surface area contributed by atoms with Crippen molar-refractivity contribution < 1.29 is 28.2 Å². The van der Waals surface area contributed by atoms with Crippen LogP contribution in [0, 0.1) is 0 Å². The molecule has 6 nitrogen and oxygen atoms in total. The van der Waals surface area contributed by atoms with Crippen LogP contribution >= 0.6 is 11.3 Å². The van der Waals surface area contributed by atoms with E-state index in [4.69, 9.17) is 0 Å². The van der Waals surface area contributed by atoms with Crippen LogP contribution in [0.4, 0.5) is 24.5 Å². The molecule has 3 rings (SSSR count). The molecule has 152 valence electrons. The van der Waals surface area contributed by atoms with Gasteiger partial charge in [-0.1, -0.05) is 6.07 Å². The highest BCUT2D eigenvalue weighted by Crippen LogP contribution is 2.31. The zero-order chi connectivity index (χ0) is 21.0. The predicted octanol–water partition coefficient (Wildman–Crippen LogP) is 4.29. The molecule has 0 fully saturated rings. The second-order valence-corrected chi connectivity index (χ2v) is 6.96. The van der Waals surface area contributed by atoms with E-state index in [2.05, 4.69) is 15.6 Å². The Balaban J connectivity index is 1.63. The fourth-order valence-electron chi connectivity index (χ4n) is 2.53. The van der Waals surface area contributed by atoms with E-state index in [1.54, 1.807) is 17.5 Å². The van der Waals surface area contributed by atoms with Gasteiger partial charge in [0.25, 0.3) is 5.91 Å². The minimum Gasteiger partial charge on any atom is -0.504 e. The third-order valence-electron chi connectivity index (χ3n) is 3.94. The maximum atomic E-state index is 12.8. The number of anilines is 2. The van der Waals surface area contributed by atoms with Crippen molar-refractivity contribution in [3.63, 3.8) is 0 Å². The first-order chi connectivity index (χ1) is 13.7. The molecular weight excluding hydrogens is 407 g/mol. The number of carbonyl (C=O) groups is 1. The van der Waals surface area contributed by atoms with Gasteiger partial charge >= 0.3 is 6.18 Å². The smallest absolute Gasteiger partial charge is 0.433 e. The number of phenolic OH excluding ortho intramolecular Hbond substituents is 2. The number of nitrogens with zero attached hydrogens (tertiary/aromatic N) is 1. The van der Waals surface area contributed by atoms with Gasteiger partial charge in [0.2, 0.25) is 0 Å². The van der Waals surface area contributed by atoms with E-state index in [1.165, 1.54) is 18.2 Å². The molecule has 0 saturated heterocycles. The molecule has 10 heteroatoms. The molecule has 0 spiro atoms. The summed E-state index contributed by atoms with van der Waals surface area (Å²) in [5.41, 5.74) is 0.246. The Kier molecular flexibility index (Phi) is 5.92. The van der Waals surface area contributed by atoms with Gasteiger partial charge in [0, 0.05) is 18.4 Å². The summed E-state index contributed by atoms with van der Waals surface area (Å²) in [6, 6.07) is 8.24. The molecular formula is C19H16F3N3O3S. The van der Waals surface area contributed by atoms with Crippen LogP contribution in [-0.2, 0) is 12.6 Å². The van der Waals surface area contributed by atoms with Crippen molar-refractivity contribution in [1.29, 1.82) is 0 Å². The molecule has 0 aliphatic carbocycles. The summed E-state index contributed by atoms with van der Waals surface area (Å²) < 4.78 is 38.4. The van der Waals surface area contributed by atoms with Crippen LogP contribution in [0.2, 0.25) is 0 Å². The number of rotatable bonds is 6. The molecule has 3 aromatic rings. The number of alkyl halides is 3. The summed E-state index contributed by atoms with van der Waals surface area (Å²) in [6.45, 7) is 0.272. The molecule has 0 unspecified atom stereocenters. The molecule has 29 heavy (non-hydrogen) atoms. The van der Waals surface area contributed by atoms with Gasteiger partial charge in [0.15, 0.2) is 11.5 Å². The topological polar surface area (TPSA) is 94.5 Å². The van der Waals surface area contributed by atoms with Crippen LogP contribution in [0.3, 0.4) is 0 Å². The van der Waals surface area contributed by atoms with Crippen LogP contribution in [0.1, 0.15) is 20.9 Å². The van der Waals surface area contributed by atoms with Gasteiger partial charge in [0.1, 0.15) is 10.6 Å². The second kappa shape index (κ2) is 8.39. The Hall–Kier alpha value is -3.27. The van der Waals surface area contributed by atoms with Crippen LogP contribution in [-0.4, -0.2) is 27.6 Å². The molecule has 0 aliphatic rings. The Labute approximate surface area is 167 Å². The SMILES string of the molecule is O=C(NCCc1ccc(O)c(O)c1)c1sccc1Nc1ccnc(C(F)(F)F)c1. The number of benzene rings is 1. The molecule has 0 radical (unpaired) electrons. The van der Waals surface area contributed by atoms with Crippen molar-refractivity contribution in [3.8, 4) is 11.5 Å². The normalized spacial score (nSPS) is 11.3. The molecule has 4 N–H and O–H groups in total. The number of hydrogen-bond acceptors (Lipinski definition) is 6. The lowest BCUT2D eigenvalue weighted by Crippen LogP contribution is -2.25. The van der Waals surface area contributed by atoms with E-state index in [-0.39, 0.29) is 29.6 Å². The first-order valence-corrected chi connectivity index (χ1v) is 9.29. The summed E-state index contributed by atoms with van der Waals surface area (Å²) >= 11 is 1.15. The fourth-order valence-corrected chi connectivity index (χ4v) is 3.29. The van der Waals surface area contributed by atoms with Gasteiger partial charge in [-0.3, -0.25) is 9.78 Å². The highest BCUT2D eigenvalue weighted by Gasteiger charge is 2.32. The van der Waals surface area contributed by atoms with Gasteiger partial charge in [-0.25, -0.2) is 0 Å². The largest absolute Gasteiger partial charge is 0.504 e. The summed E-state index contributed by atoms with van der Waals surface area (Å²) in [6.07, 6.45) is -3.09. The maximum absolute atomic E-state index is 12.8. The maximum Gasteiger partial charge on any atom is 0.433 e. The standard InChI is InChI=1S/C19H16F3N3O3S/c20-19(21,22)16-10-12(4-7-23-16)25-13-5-8-29-17(13)18(28)24-6-3-11-1-2-14(26)15(27)9-11/h1-2,4-5,7-10,26-27H,3,6H2,(H,23,25)(H,24,28). The fraction of sp³-hybridized carbons (Fsp3) is 0.158. The highest BCUT2D eigenvalue weighted by atomic mass is 32.1. The Morgan fingerprint density at radius 3 is 2.62 bits per heavy atom. The average molecular weight is 423 g/mol. The summed E-state index contributed by atoms with van der Waals surface area (Å²) in [7, 11) is 0. The first kappa shape index (κ1) is 20.5. The van der Waals surface area contributed by atoms with Gasteiger partial charge in [-0.2, -0.15) is 13.2 Å². The van der Waals surface area contributed by atoms with Crippen LogP contribution in [0.5, 0.6) is 11.5 Å². The number of hydrogen-bond donors (Lipinski definition) is 4. The monoisotopic (exact) mass is 423 g/mol. The van der Waals surface area contributed by atoms with E-state index < -0.39 is 11.9 Å². The molecule has 0 atom stereocenters. The molecule has 2 heterocycles. The van der Waals surface area contributed by atoms with Crippen LogP contribution < -0.4 is 10.6 Å². The van der Waals surface area contributed by atoms with Crippen molar-refractivity contribution in [2.24, 2.45) is 0 Å². The summed E-state index contributed by atoms with van der Waals surface area (Å²) in [5.74, 6) is -0.846. The van der Waals surface area contributed by atoms with Crippen LogP contribution in [0.15, 0.2) is 48.0 Å². The zero-order valence-corrected chi connectivity index (χ0v) is 15.6. The zero-order valence-electron chi connectivity index (χ0n) is 14.8. The number of carbonyl (C=O) groups excluding carboxylic acids is 1. The Morgan fingerprint density at radius 1 is 1.10 bits per heavy atom. The number of amides is 1. The van der Waals surface area contributed by atoms with Crippen molar-refractivity contribution in [3.05, 3.63) is 64.1 Å². The minimum atomic E-state index is -4.56. The molecule has 0 bridgehead atoms. The lowest BCUT2D eigenvalue weighted by molar-refractivity contribution is -0.141. The first-order valence-electron chi connectivity index (χ1n) is 8.41. The highest BCUT2D eigenvalue weighted by molar-refractivity contribution is 7.12. The average Bonchev–Trinajstić information content (AvgIpc) is 3.12. The lowest BCUT2D eigenvalue weighted by atomic mass is 10.1. The molecule has 1 aromatic carbocycles. The van der Waals surface area contributed by atoms with Crippen molar-refractivity contribution >= 4 is 28.6 Å². The second-order valence-electron chi connectivity index (χ2n) is 6.04. The van der Waals surface area contributed by atoms with Gasteiger partial charge < -0.3 is 20.8 Å². The number of aromatic hydroxyl groups is 2. The third-order valence-corrected chi connectivity index (χ3v) is 4.85. The molecule has 1 amide bonds. The molecule has 0 aliphatic heterocycles. The van der Waals surface area contributed by atoms with Gasteiger partial charge in [-0.05, 0) is 47.7 Å². The number of thiophene rings is 1. The minimum absolute atomic E-state index is 0.166. The summed E-state index contributed by atoms with van der Waals surface area (Å²) in [5, 5.41) is 26.0. The number of halogens is 3. The number of phenols is 2. The van der Waals surface area contributed by atoms with Crippen molar-refractivity contribution in [1.82, 2.24) is 10.3 Å². The Bertz CT molecular complexity index is 1020. The van der Waals surface area contributed by atoms with Crippen LogP contribution in [0.25, 0.3) is 0 Å². The lowest BCUT2D eigenvalue weighted by Gasteiger charge is -2.11. The van der Waals surface area contributed by atoms with Gasteiger partial charge in [0.05, 0.1) is 5.69 Å². The van der Waals surface area contributed by atoms with E-state index in [9.17, 15) is 28.2 Å².